The number of ether oxygens (including phenoxy) is 1. The molecule has 1 aliphatic heterocycles. The van der Waals surface area contributed by atoms with Gasteiger partial charge in [0.25, 0.3) is 5.56 Å². The summed E-state index contributed by atoms with van der Waals surface area (Å²) in [6.07, 6.45) is 3.02. The maximum atomic E-state index is 14.9. The molecule has 180 valence electrons. The number of morpholine rings is 1. The molecule has 9 heteroatoms. The molecule has 4 aromatic rings. The van der Waals surface area contributed by atoms with E-state index in [0.29, 0.717) is 30.2 Å². The van der Waals surface area contributed by atoms with Crippen LogP contribution in [0.1, 0.15) is 35.5 Å². The van der Waals surface area contributed by atoms with Crippen LogP contribution in [0, 0.1) is 32.4 Å². The van der Waals surface area contributed by atoms with E-state index in [2.05, 4.69) is 9.97 Å². The molecular weight excluding hydrogens is 452 g/mol. The van der Waals surface area contributed by atoms with Crippen LogP contribution >= 0.6 is 0 Å². The van der Waals surface area contributed by atoms with Crippen LogP contribution in [0.25, 0.3) is 16.9 Å². The van der Waals surface area contributed by atoms with E-state index in [0.717, 1.165) is 17.3 Å². The third-order valence-electron chi connectivity index (χ3n) is 6.33. The van der Waals surface area contributed by atoms with Crippen LogP contribution in [-0.4, -0.2) is 38.5 Å². The molecule has 1 saturated heterocycles. The Hall–Kier alpha value is -3.72. The Bertz CT molecular complexity index is 1500. The molecule has 1 aromatic carbocycles. The number of hydrogen-bond donors (Lipinski definition) is 0. The van der Waals surface area contributed by atoms with Gasteiger partial charge in [0, 0.05) is 47.9 Å². The normalized spacial score (nSPS) is 18.3. The van der Waals surface area contributed by atoms with Gasteiger partial charge < -0.3 is 9.64 Å². The first-order valence-corrected chi connectivity index (χ1v) is 11.4. The van der Waals surface area contributed by atoms with Crippen molar-refractivity contribution < 1.29 is 13.5 Å². The van der Waals surface area contributed by atoms with E-state index < -0.39 is 11.6 Å². The first-order valence-electron chi connectivity index (χ1n) is 11.4. The van der Waals surface area contributed by atoms with Crippen molar-refractivity contribution in [3.63, 3.8) is 0 Å². The highest BCUT2D eigenvalue weighted by Crippen LogP contribution is 2.31. The standard InChI is InChI=1S/C26H25F2N5O2/c1-14-9-18(7-8-29-14)22-12-32(11-15(2)35-22)23-13-33-25(30-17(4)16(3)26(33)34)24(31-23)20-6-5-19(27)10-21(20)28/h5-10,13,15,22H,11-12H2,1-4H3/t15-,22-/m0/s1. The largest absolute Gasteiger partial charge is 0.367 e. The van der Waals surface area contributed by atoms with Crippen molar-refractivity contribution in [1.82, 2.24) is 19.4 Å². The molecule has 0 spiro atoms. The number of pyridine rings is 1. The zero-order valence-corrected chi connectivity index (χ0v) is 19.9. The highest BCUT2D eigenvalue weighted by molar-refractivity contribution is 5.76. The summed E-state index contributed by atoms with van der Waals surface area (Å²) in [6, 6.07) is 7.19. The van der Waals surface area contributed by atoms with Crippen molar-refractivity contribution in [2.45, 2.75) is 39.9 Å². The molecule has 0 amide bonds. The van der Waals surface area contributed by atoms with E-state index in [-0.39, 0.29) is 34.7 Å². The summed E-state index contributed by atoms with van der Waals surface area (Å²) in [6.45, 7) is 8.32. The van der Waals surface area contributed by atoms with E-state index in [1.165, 1.54) is 16.5 Å². The molecule has 5 rings (SSSR count). The Balaban J connectivity index is 1.68. The Kier molecular flexibility index (Phi) is 5.80. The summed E-state index contributed by atoms with van der Waals surface area (Å²) in [5, 5.41) is 0. The monoisotopic (exact) mass is 477 g/mol. The lowest BCUT2D eigenvalue weighted by molar-refractivity contribution is -0.0177. The molecule has 1 aliphatic rings. The number of aryl methyl sites for hydroxylation is 2. The van der Waals surface area contributed by atoms with Crippen molar-refractivity contribution in [3.8, 4) is 11.3 Å². The first-order chi connectivity index (χ1) is 16.7. The van der Waals surface area contributed by atoms with E-state index in [9.17, 15) is 13.6 Å². The second kappa shape index (κ2) is 8.81. The number of halogens is 2. The first kappa shape index (κ1) is 23.0. The number of anilines is 1. The second-order valence-electron chi connectivity index (χ2n) is 8.96. The average molecular weight is 478 g/mol. The van der Waals surface area contributed by atoms with Gasteiger partial charge in [0.15, 0.2) is 5.65 Å². The van der Waals surface area contributed by atoms with Gasteiger partial charge in [0.1, 0.15) is 29.3 Å². The minimum Gasteiger partial charge on any atom is -0.367 e. The minimum atomic E-state index is -0.774. The van der Waals surface area contributed by atoms with Gasteiger partial charge in [0.05, 0.1) is 12.3 Å². The number of aromatic nitrogens is 4. The van der Waals surface area contributed by atoms with Crippen molar-refractivity contribution in [1.29, 1.82) is 0 Å². The third kappa shape index (κ3) is 4.27. The molecular formula is C26H25F2N5O2. The summed E-state index contributed by atoms with van der Waals surface area (Å²) in [5.41, 5.74) is 3.10. The van der Waals surface area contributed by atoms with Crippen LogP contribution in [0.5, 0.6) is 0 Å². The van der Waals surface area contributed by atoms with Crippen LogP contribution in [0.3, 0.4) is 0 Å². The van der Waals surface area contributed by atoms with Crippen LogP contribution in [0.4, 0.5) is 14.6 Å². The smallest absolute Gasteiger partial charge is 0.261 e. The maximum absolute atomic E-state index is 14.9. The Morgan fingerprint density at radius 1 is 1.06 bits per heavy atom. The zero-order chi connectivity index (χ0) is 24.9. The van der Waals surface area contributed by atoms with Gasteiger partial charge in [0.2, 0.25) is 0 Å². The van der Waals surface area contributed by atoms with Gasteiger partial charge in [-0.2, -0.15) is 0 Å². The van der Waals surface area contributed by atoms with E-state index in [4.69, 9.17) is 9.72 Å². The van der Waals surface area contributed by atoms with Crippen molar-refractivity contribution >= 4 is 11.5 Å². The summed E-state index contributed by atoms with van der Waals surface area (Å²) in [5.74, 6) is -0.986. The summed E-state index contributed by atoms with van der Waals surface area (Å²) >= 11 is 0. The molecule has 35 heavy (non-hydrogen) atoms. The SMILES string of the molecule is Cc1cc([C@@H]2CN(c3cn4c(=O)c(C)c(C)nc4c(-c4ccc(F)cc4F)n3)C[C@H](C)O2)ccn1. The van der Waals surface area contributed by atoms with Gasteiger partial charge in [-0.1, -0.05) is 0 Å². The number of hydrogen-bond acceptors (Lipinski definition) is 6. The third-order valence-corrected chi connectivity index (χ3v) is 6.33. The maximum Gasteiger partial charge on any atom is 0.261 e. The van der Waals surface area contributed by atoms with Gasteiger partial charge in [-0.3, -0.25) is 14.2 Å². The lowest BCUT2D eigenvalue weighted by Crippen LogP contribution is -2.43. The van der Waals surface area contributed by atoms with Gasteiger partial charge >= 0.3 is 0 Å². The van der Waals surface area contributed by atoms with Crippen LogP contribution in [-0.2, 0) is 4.74 Å². The molecule has 0 bridgehead atoms. The Labute approximate surface area is 201 Å². The lowest BCUT2D eigenvalue weighted by atomic mass is 10.1. The molecule has 0 radical (unpaired) electrons. The predicted octanol–water partition coefficient (Wildman–Crippen LogP) is 4.32. The molecule has 3 aromatic heterocycles. The molecule has 7 nitrogen and oxygen atoms in total. The van der Waals surface area contributed by atoms with Crippen molar-refractivity contribution in [2.24, 2.45) is 0 Å². The number of fused-ring (bicyclic) bond motifs is 1. The predicted molar refractivity (Wildman–Crippen MR) is 129 cm³/mol. The Morgan fingerprint density at radius 2 is 1.86 bits per heavy atom. The highest BCUT2D eigenvalue weighted by Gasteiger charge is 2.29. The molecule has 4 heterocycles. The van der Waals surface area contributed by atoms with Crippen molar-refractivity contribution in [2.75, 3.05) is 18.0 Å². The van der Waals surface area contributed by atoms with Gasteiger partial charge in [-0.15, -0.1) is 0 Å². The number of rotatable bonds is 3. The van der Waals surface area contributed by atoms with Crippen LogP contribution in [0.15, 0.2) is 47.5 Å². The fourth-order valence-corrected chi connectivity index (χ4v) is 4.43. The fraction of sp³-hybridized carbons (Fsp3) is 0.308. The van der Waals surface area contributed by atoms with Crippen molar-refractivity contribution in [3.05, 3.63) is 87.2 Å². The molecule has 2 atom stereocenters. The quantitative estimate of drug-likeness (QED) is 0.438. The van der Waals surface area contributed by atoms with Gasteiger partial charge in [-0.25, -0.2) is 18.7 Å². The number of nitrogens with zero attached hydrogens (tertiary/aromatic N) is 5. The highest BCUT2D eigenvalue weighted by atomic mass is 19.1. The lowest BCUT2D eigenvalue weighted by Gasteiger charge is -2.38. The molecule has 0 aliphatic carbocycles. The van der Waals surface area contributed by atoms with Crippen LogP contribution in [0.2, 0.25) is 0 Å². The molecule has 0 saturated carbocycles. The van der Waals surface area contributed by atoms with E-state index >= 15 is 0 Å². The molecule has 0 unspecified atom stereocenters. The summed E-state index contributed by atoms with van der Waals surface area (Å²) < 4.78 is 36.1. The minimum absolute atomic E-state index is 0.0727. The summed E-state index contributed by atoms with van der Waals surface area (Å²) in [7, 11) is 0. The van der Waals surface area contributed by atoms with E-state index in [1.54, 1.807) is 26.2 Å². The second-order valence-corrected chi connectivity index (χ2v) is 8.96. The number of benzene rings is 1. The summed E-state index contributed by atoms with van der Waals surface area (Å²) in [4.78, 5) is 28.8. The zero-order valence-electron chi connectivity index (χ0n) is 19.9. The van der Waals surface area contributed by atoms with E-state index in [1.807, 2.05) is 30.9 Å². The van der Waals surface area contributed by atoms with Crippen LogP contribution < -0.4 is 10.5 Å². The topological polar surface area (TPSA) is 72.6 Å². The fourth-order valence-electron chi connectivity index (χ4n) is 4.43. The average Bonchev–Trinajstić information content (AvgIpc) is 2.82. The Morgan fingerprint density at radius 3 is 2.60 bits per heavy atom. The molecule has 0 N–H and O–H groups in total. The van der Waals surface area contributed by atoms with Gasteiger partial charge in [-0.05, 0) is 57.5 Å². The molecule has 1 fully saturated rings.